The lowest BCUT2D eigenvalue weighted by molar-refractivity contribution is -0.126. The molecule has 222 valence electrons. The van der Waals surface area contributed by atoms with Crippen molar-refractivity contribution in [2.45, 2.75) is 39.2 Å². The smallest absolute Gasteiger partial charge is 0.354 e. The number of aromatic nitrogens is 3. The third kappa shape index (κ3) is 4.70. The zero-order valence-corrected chi connectivity index (χ0v) is 24.9. The minimum atomic E-state index is -0.727. The number of carbonyl (C=O) groups excluding carboxylic acids is 1. The maximum absolute atomic E-state index is 16.6. The lowest BCUT2D eigenvalue weighted by atomic mass is 9.98. The number of phenolic OH excluding ortho intramolecular Hbond substituents is 1. The highest BCUT2D eigenvalue weighted by molar-refractivity contribution is 6.33. The van der Waals surface area contributed by atoms with Gasteiger partial charge < -0.3 is 19.6 Å². The van der Waals surface area contributed by atoms with Crippen molar-refractivity contribution in [3.05, 3.63) is 81.8 Å². The molecule has 1 atom stereocenters. The Labute approximate surface area is 252 Å². The molecule has 2 aliphatic rings. The van der Waals surface area contributed by atoms with Crippen molar-refractivity contribution in [2.24, 2.45) is 0 Å². The van der Waals surface area contributed by atoms with Gasteiger partial charge in [-0.05, 0) is 48.7 Å². The number of piperazine rings is 1. The van der Waals surface area contributed by atoms with Crippen molar-refractivity contribution in [3.8, 4) is 28.3 Å². The Morgan fingerprint density at radius 2 is 2.07 bits per heavy atom. The number of halogens is 2. The highest BCUT2D eigenvalue weighted by Crippen LogP contribution is 2.46. The fourth-order valence-electron chi connectivity index (χ4n) is 6.13. The number of benzene rings is 2. The molecule has 1 amide bonds. The average Bonchev–Trinajstić information content (AvgIpc) is 2.97. The third-order valence-corrected chi connectivity index (χ3v) is 8.50. The van der Waals surface area contributed by atoms with E-state index in [1.165, 1.54) is 22.8 Å². The summed E-state index contributed by atoms with van der Waals surface area (Å²) < 4.78 is 24.2. The summed E-state index contributed by atoms with van der Waals surface area (Å²) in [4.78, 5) is 39.4. The van der Waals surface area contributed by atoms with Crippen molar-refractivity contribution in [3.63, 3.8) is 0 Å². The molecule has 1 unspecified atom stereocenters. The number of pyridine rings is 1. The van der Waals surface area contributed by atoms with Crippen molar-refractivity contribution in [1.29, 1.82) is 0 Å². The molecule has 9 nitrogen and oxygen atoms in total. The number of phenols is 1. The first kappa shape index (κ1) is 28.7. The van der Waals surface area contributed by atoms with E-state index in [1.54, 1.807) is 23.2 Å². The van der Waals surface area contributed by atoms with Crippen molar-refractivity contribution >= 4 is 34.2 Å². The van der Waals surface area contributed by atoms with Crippen LogP contribution in [0.4, 0.5) is 10.2 Å². The lowest BCUT2D eigenvalue weighted by Gasteiger charge is -2.43. The summed E-state index contributed by atoms with van der Waals surface area (Å²) in [5.41, 5.74) is 1.85. The van der Waals surface area contributed by atoms with E-state index >= 15 is 4.39 Å². The van der Waals surface area contributed by atoms with Gasteiger partial charge in [-0.15, -0.1) is 0 Å². The van der Waals surface area contributed by atoms with Crippen LogP contribution >= 0.6 is 11.6 Å². The van der Waals surface area contributed by atoms with Gasteiger partial charge in [-0.3, -0.25) is 14.3 Å². The average molecular weight is 604 g/mol. The number of anilines is 1. The van der Waals surface area contributed by atoms with E-state index in [9.17, 15) is 14.7 Å². The number of rotatable bonds is 4. The number of hydrogen-bond acceptors (Lipinski definition) is 7. The second-order valence-corrected chi connectivity index (χ2v) is 11.5. The quantitative estimate of drug-likeness (QED) is 0.313. The molecule has 4 heterocycles. The standard InChI is InChI=1S/C32H31ClFN5O4/c1-5-24(41)37-12-13-38-19(16-37)10-14-43-30-26-22(15-20(27(30)34)25-21(33)7-6-8-23(25)40)39(32(42)36-31(26)38)29-18(4)9-11-35-28(29)17(2)3/h5-9,11,15,17,19,40H,1,10,12-14,16H2,2-4H3. The third-order valence-electron chi connectivity index (χ3n) is 8.18. The molecular formula is C32H31ClFN5O4. The van der Waals surface area contributed by atoms with Crippen molar-refractivity contribution < 1.29 is 19.0 Å². The van der Waals surface area contributed by atoms with Crippen LogP contribution in [0.2, 0.25) is 5.02 Å². The molecule has 11 heteroatoms. The van der Waals surface area contributed by atoms with Gasteiger partial charge in [0.05, 0.1) is 40.0 Å². The molecule has 0 spiro atoms. The fourth-order valence-corrected chi connectivity index (χ4v) is 6.40. The molecule has 6 rings (SSSR count). The van der Waals surface area contributed by atoms with Gasteiger partial charge in [0.2, 0.25) is 5.91 Å². The van der Waals surface area contributed by atoms with E-state index < -0.39 is 11.5 Å². The first-order valence-electron chi connectivity index (χ1n) is 14.2. The SMILES string of the molecule is C=CC(=O)N1CCN2c3nc(=O)n(-c4c(C)ccnc4C(C)C)c4cc(-c5c(O)cccc5Cl)c(F)c(c34)OCCC2C1. The summed E-state index contributed by atoms with van der Waals surface area (Å²) in [6.07, 6.45) is 3.43. The lowest BCUT2D eigenvalue weighted by Crippen LogP contribution is -2.56. The van der Waals surface area contributed by atoms with Crippen LogP contribution < -0.4 is 15.3 Å². The fraction of sp³-hybridized carbons (Fsp3) is 0.312. The topological polar surface area (TPSA) is 101 Å². The zero-order valence-electron chi connectivity index (χ0n) is 24.1. The Balaban J connectivity index is 1.72. The number of hydrogen-bond donors (Lipinski definition) is 1. The Hall–Kier alpha value is -4.44. The van der Waals surface area contributed by atoms with E-state index in [0.29, 0.717) is 48.3 Å². The second kappa shape index (κ2) is 11.0. The Kier molecular flexibility index (Phi) is 7.33. The molecule has 1 fully saturated rings. The zero-order chi connectivity index (χ0) is 30.6. The maximum Gasteiger partial charge on any atom is 0.354 e. The van der Waals surface area contributed by atoms with Crippen LogP contribution in [0.15, 0.2) is 54.0 Å². The monoisotopic (exact) mass is 603 g/mol. The molecule has 43 heavy (non-hydrogen) atoms. The molecule has 0 radical (unpaired) electrons. The normalized spacial score (nSPS) is 16.5. The van der Waals surface area contributed by atoms with Crippen LogP contribution in [0, 0.1) is 12.7 Å². The summed E-state index contributed by atoms with van der Waals surface area (Å²) >= 11 is 6.50. The second-order valence-electron chi connectivity index (χ2n) is 11.1. The van der Waals surface area contributed by atoms with Gasteiger partial charge in [-0.25, -0.2) is 9.18 Å². The Morgan fingerprint density at radius 1 is 1.28 bits per heavy atom. The molecule has 4 aromatic rings. The van der Waals surface area contributed by atoms with Gasteiger partial charge >= 0.3 is 5.69 Å². The van der Waals surface area contributed by atoms with Gasteiger partial charge in [0.15, 0.2) is 11.6 Å². The van der Waals surface area contributed by atoms with Crippen LogP contribution in [-0.4, -0.2) is 62.7 Å². The number of carbonyl (C=O) groups is 1. The molecule has 2 aliphatic heterocycles. The van der Waals surface area contributed by atoms with Crippen LogP contribution in [0.3, 0.4) is 0 Å². The predicted octanol–water partition coefficient (Wildman–Crippen LogP) is 5.36. The van der Waals surface area contributed by atoms with Crippen LogP contribution in [0.1, 0.15) is 37.4 Å². The van der Waals surface area contributed by atoms with E-state index in [4.69, 9.17) is 16.3 Å². The van der Waals surface area contributed by atoms with Gasteiger partial charge in [0.25, 0.3) is 0 Å². The molecule has 2 aromatic carbocycles. The number of amides is 1. The van der Waals surface area contributed by atoms with Crippen LogP contribution in [-0.2, 0) is 4.79 Å². The van der Waals surface area contributed by atoms with E-state index in [-0.39, 0.29) is 57.9 Å². The largest absolute Gasteiger partial charge is 0.507 e. The molecule has 1 N–H and O–H groups in total. The van der Waals surface area contributed by atoms with Crippen LogP contribution in [0.5, 0.6) is 11.5 Å². The number of fused-ring (bicyclic) bond motifs is 2. The van der Waals surface area contributed by atoms with Crippen molar-refractivity contribution in [2.75, 3.05) is 31.1 Å². The highest BCUT2D eigenvalue weighted by atomic mass is 35.5. The number of aryl methyl sites for hydroxylation is 1. The number of ether oxygens (including phenoxy) is 1. The molecular weight excluding hydrogens is 573 g/mol. The van der Waals surface area contributed by atoms with Crippen molar-refractivity contribution in [1.82, 2.24) is 19.4 Å². The number of nitrogens with zero attached hydrogens (tertiary/aromatic N) is 5. The minimum Gasteiger partial charge on any atom is -0.507 e. The summed E-state index contributed by atoms with van der Waals surface area (Å²) in [5.74, 6) is -0.967. The van der Waals surface area contributed by atoms with E-state index in [2.05, 4.69) is 16.5 Å². The summed E-state index contributed by atoms with van der Waals surface area (Å²) in [7, 11) is 0. The van der Waals surface area contributed by atoms with Crippen LogP contribution in [0.25, 0.3) is 27.7 Å². The van der Waals surface area contributed by atoms with Gasteiger partial charge in [0.1, 0.15) is 11.6 Å². The summed E-state index contributed by atoms with van der Waals surface area (Å²) in [5, 5.41) is 11.2. The highest BCUT2D eigenvalue weighted by Gasteiger charge is 2.36. The summed E-state index contributed by atoms with van der Waals surface area (Å²) in [6.45, 7) is 10.7. The van der Waals surface area contributed by atoms with E-state index in [1.807, 2.05) is 31.7 Å². The first-order chi connectivity index (χ1) is 20.6. The van der Waals surface area contributed by atoms with Gasteiger partial charge in [-0.1, -0.05) is 38.1 Å². The molecule has 0 bridgehead atoms. The van der Waals surface area contributed by atoms with Gasteiger partial charge in [0, 0.05) is 43.4 Å². The number of aromatic hydroxyl groups is 1. The Morgan fingerprint density at radius 3 is 2.79 bits per heavy atom. The van der Waals surface area contributed by atoms with Gasteiger partial charge in [-0.2, -0.15) is 4.98 Å². The molecule has 1 saturated heterocycles. The summed E-state index contributed by atoms with van der Waals surface area (Å²) in [6, 6.07) is 7.67. The first-order valence-corrected chi connectivity index (χ1v) is 14.5. The maximum atomic E-state index is 16.6. The minimum absolute atomic E-state index is 0.0120. The Bertz CT molecular complexity index is 1840. The van der Waals surface area contributed by atoms with E-state index in [0.717, 1.165) is 5.56 Å². The molecule has 2 aromatic heterocycles. The predicted molar refractivity (Wildman–Crippen MR) is 164 cm³/mol. The molecule has 0 saturated carbocycles. The molecule has 0 aliphatic carbocycles.